The summed E-state index contributed by atoms with van der Waals surface area (Å²) in [4.78, 5) is 23.8. The molecule has 0 unspecified atom stereocenters. The lowest BCUT2D eigenvalue weighted by Gasteiger charge is -2.42. The van der Waals surface area contributed by atoms with Gasteiger partial charge in [-0.2, -0.15) is 0 Å². The number of hydrogen-bond acceptors (Lipinski definition) is 2. The molecule has 13 heavy (non-hydrogen) atoms. The number of carbonyl (C=O) groups excluding carboxylic acids is 2. The van der Waals surface area contributed by atoms with Gasteiger partial charge in [0.2, 0.25) is 0 Å². The van der Waals surface area contributed by atoms with Crippen molar-refractivity contribution >= 4 is 11.6 Å². The SMILES string of the molecule is O=C1[C@@H]2[C@@H]3C[C@@H]4[C@H]2C(=O)[C@H]2[C@@H]1[C@H]3[C@@H]42. The van der Waals surface area contributed by atoms with E-state index in [2.05, 4.69) is 0 Å². The Kier molecular flexibility index (Phi) is 0.602. The van der Waals surface area contributed by atoms with Crippen LogP contribution in [0.4, 0.5) is 0 Å². The van der Waals surface area contributed by atoms with Crippen molar-refractivity contribution in [1.29, 1.82) is 0 Å². The fourth-order valence-electron chi connectivity index (χ4n) is 5.80. The zero-order chi connectivity index (χ0) is 8.48. The smallest absolute Gasteiger partial charge is 0.141 e. The van der Waals surface area contributed by atoms with Crippen LogP contribution in [0.2, 0.25) is 0 Å². The van der Waals surface area contributed by atoms with Crippen molar-refractivity contribution < 1.29 is 9.59 Å². The van der Waals surface area contributed by atoms with Crippen molar-refractivity contribution in [3.05, 3.63) is 0 Å². The Hall–Kier alpha value is -0.660. The van der Waals surface area contributed by atoms with Crippen molar-refractivity contribution in [2.24, 2.45) is 47.3 Å². The normalized spacial score (nSPS) is 74.2. The van der Waals surface area contributed by atoms with Gasteiger partial charge in [-0.1, -0.05) is 0 Å². The molecule has 0 radical (unpaired) electrons. The summed E-state index contributed by atoms with van der Waals surface area (Å²) in [5.41, 5.74) is 0. The lowest BCUT2D eigenvalue weighted by molar-refractivity contribution is -0.145. The van der Waals surface area contributed by atoms with Gasteiger partial charge in [-0.3, -0.25) is 9.59 Å². The van der Waals surface area contributed by atoms with Crippen molar-refractivity contribution in [1.82, 2.24) is 0 Å². The minimum Gasteiger partial charge on any atom is -0.299 e. The molecule has 5 rings (SSSR count). The van der Waals surface area contributed by atoms with E-state index in [1.54, 1.807) is 0 Å². The van der Waals surface area contributed by atoms with Crippen LogP contribution in [0.5, 0.6) is 0 Å². The lowest BCUT2D eigenvalue weighted by atomic mass is 9.59. The molecule has 5 fully saturated rings. The van der Waals surface area contributed by atoms with E-state index >= 15 is 0 Å². The van der Waals surface area contributed by atoms with Gasteiger partial charge in [0.15, 0.2) is 0 Å². The second kappa shape index (κ2) is 1.32. The molecule has 0 saturated heterocycles. The van der Waals surface area contributed by atoms with E-state index in [1.807, 2.05) is 0 Å². The predicted octanol–water partition coefficient (Wildman–Crippen LogP) is 0.512. The standard InChI is InChI=1S/C11H10O2/c12-10-6-2-1-3-5-4(2)8(10)9(5)11(13)7(3)6/h2-9H,1H2/t2-,3+,4-,5-,6-,7-,8+,9-/m1/s1. The third-order valence-electron chi connectivity index (χ3n) is 5.82. The Balaban J connectivity index is 1.92. The van der Waals surface area contributed by atoms with Gasteiger partial charge in [-0.05, 0) is 30.1 Å². The Labute approximate surface area is 75.7 Å². The van der Waals surface area contributed by atoms with Crippen LogP contribution in [0.1, 0.15) is 6.42 Å². The monoisotopic (exact) mass is 174 g/mol. The molecule has 0 spiro atoms. The highest BCUT2D eigenvalue weighted by molar-refractivity contribution is 6.06. The number of ketones is 2. The molecule has 0 N–H and O–H groups in total. The van der Waals surface area contributed by atoms with Crippen LogP contribution in [0.3, 0.4) is 0 Å². The molecule has 0 heterocycles. The van der Waals surface area contributed by atoms with E-state index < -0.39 is 0 Å². The number of hydrogen-bond donors (Lipinski definition) is 0. The number of fused-ring (bicyclic) bond motifs is 2. The van der Waals surface area contributed by atoms with Gasteiger partial charge >= 0.3 is 0 Å². The summed E-state index contributed by atoms with van der Waals surface area (Å²) < 4.78 is 0. The van der Waals surface area contributed by atoms with Gasteiger partial charge in [0.1, 0.15) is 11.6 Å². The Morgan fingerprint density at radius 1 is 0.769 bits per heavy atom. The zero-order valence-electron chi connectivity index (χ0n) is 7.14. The highest BCUT2D eigenvalue weighted by Gasteiger charge is 2.84. The molecule has 2 heteroatoms. The van der Waals surface area contributed by atoms with Crippen LogP contribution in [-0.2, 0) is 9.59 Å². The topological polar surface area (TPSA) is 34.1 Å². The summed E-state index contributed by atoms with van der Waals surface area (Å²) in [6.07, 6.45) is 1.22. The highest BCUT2D eigenvalue weighted by atomic mass is 16.1. The summed E-state index contributed by atoms with van der Waals surface area (Å²) in [7, 11) is 0. The molecule has 8 atom stereocenters. The van der Waals surface area contributed by atoms with Gasteiger partial charge in [-0.25, -0.2) is 0 Å². The first-order valence-electron chi connectivity index (χ1n) is 5.38. The molecule has 66 valence electrons. The molecular weight excluding hydrogens is 164 g/mol. The van der Waals surface area contributed by atoms with E-state index in [0.717, 1.165) is 0 Å². The van der Waals surface area contributed by atoms with Gasteiger partial charge < -0.3 is 0 Å². The van der Waals surface area contributed by atoms with Crippen molar-refractivity contribution in [3.8, 4) is 0 Å². The second-order valence-corrected chi connectivity index (χ2v) is 5.63. The van der Waals surface area contributed by atoms with E-state index in [9.17, 15) is 9.59 Å². The van der Waals surface area contributed by atoms with Crippen LogP contribution < -0.4 is 0 Å². The molecular formula is C11H10O2. The van der Waals surface area contributed by atoms with E-state index in [-0.39, 0.29) is 23.7 Å². The molecule has 0 aromatic rings. The Morgan fingerprint density at radius 3 is 1.69 bits per heavy atom. The fourth-order valence-corrected chi connectivity index (χ4v) is 5.80. The molecule has 0 aliphatic heterocycles. The summed E-state index contributed by atoms with van der Waals surface area (Å²) in [6, 6.07) is 0. The molecule has 5 aliphatic rings. The lowest BCUT2D eigenvalue weighted by Crippen LogP contribution is -2.47. The van der Waals surface area contributed by atoms with Crippen LogP contribution in [0, 0.1) is 47.3 Å². The van der Waals surface area contributed by atoms with E-state index in [1.165, 1.54) is 6.42 Å². The minimum absolute atomic E-state index is 0.211. The summed E-state index contributed by atoms with van der Waals surface area (Å²) in [5, 5.41) is 0. The van der Waals surface area contributed by atoms with Crippen molar-refractivity contribution in [2.75, 3.05) is 0 Å². The first-order valence-corrected chi connectivity index (χ1v) is 5.38. The maximum absolute atomic E-state index is 11.9. The average Bonchev–Trinajstić information content (AvgIpc) is 2.52. The second-order valence-electron chi connectivity index (χ2n) is 5.63. The number of carbonyl (C=O) groups is 2. The largest absolute Gasteiger partial charge is 0.299 e. The van der Waals surface area contributed by atoms with Crippen LogP contribution in [0.15, 0.2) is 0 Å². The molecule has 0 aromatic heterocycles. The fraction of sp³-hybridized carbons (Fsp3) is 0.818. The van der Waals surface area contributed by atoms with Crippen LogP contribution in [0.25, 0.3) is 0 Å². The van der Waals surface area contributed by atoms with E-state index in [4.69, 9.17) is 0 Å². The van der Waals surface area contributed by atoms with Gasteiger partial charge in [0, 0.05) is 23.7 Å². The highest BCUT2D eigenvalue weighted by Crippen LogP contribution is 2.80. The summed E-state index contributed by atoms with van der Waals surface area (Å²) in [6.45, 7) is 0. The van der Waals surface area contributed by atoms with Crippen LogP contribution in [-0.4, -0.2) is 11.6 Å². The summed E-state index contributed by atoms with van der Waals surface area (Å²) >= 11 is 0. The Bertz CT molecular complexity index is 346. The molecule has 0 amide bonds. The maximum atomic E-state index is 11.9. The molecule has 5 saturated carbocycles. The number of Topliss-reactive ketones (excluding diaryl/α,β-unsaturated/α-hetero) is 2. The van der Waals surface area contributed by atoms with E-state index in [0.29, 0.717) is 35.2 Å². The third-order valence-corrected chi connectivity index (χ3v) is 5.82. The first kappa shape index (κ1) is 5.94. The first-order chi connectivity index (χ1) is 6.30. The molecule has 0 aromatic carbocycles. The third kappa shape index (κ3) is 0.323. The van der Waals surface area contributed by atoms with Crippen molar-refractivity contribution in [3.63, 3.8) is 0 Å². The minimum atomic E-state index is 0.211. The molecule has 2 nitrogen and oxygen atoms in total. The molecule has 5 aliphatic carbocycles. The number of rotatable bonds is 0. The average molecular weight is 174 g/mol. The zero-order valence-corrected chi connectivity index (χ0v) is 7.14. The maximum Gasteiger partial charge on any atom is 0.141 e. The molecule has 2 bridgehead atoms. The Morgan fingerprint density at radius 2 is 1.23 bits per heavy atom. The van der Waals surface area contributed by atoms with Gasteiger partial charge in [0.25, 0.3) is 0 Å². The van der Waals surface area contributed by atoms with Gasteiger partial charge in [0.05, 0.1) is 0 Å². The summed E-state index contributed by atoms with van der Waals surface area (Å²) in [5.74, 6) is 4.49. The van der Waals surface area contributed by atoms with Crippen LogP contribution >= 0.6 is 0 Å². The van der Waals surface area contributed by atoms with Crippen molar-refractivity contribution in [2.45, 2.75) is 6.42 Å². The van der Waals surface area contributed by atoms with Gasteiger partial charge in [-0.15, -0.1) is 0 Å². The predicted molar refractivity (Wildman–Crippen MR) is 42.6 cm³/mol. The quantitative estimate of drug-likeness (QED) is 0.536.